The molecular weight excluding hydrogens is 432 g/mol. The van der Waals surface area contributed by atoms with Gasteiger partial charge in [0.1, 0.15) is 18.1 Å². The van der Waals surface area contributed by atoms with Crippen LogP contribution in [-0.2, 0) is 29.2 Å². The molecule has 9 nitrogen and oxygen atoms in total. The van der Waals surface area contributed by atoms with Gasteiger partial charge in [0.05, 0.1) is 0 Å². The Balaban J connectivity index is 1.21. The van der Waals surface area contributed by atoms with Gasteiger partial charge in [0.25, 0.3) is 0 Å². The Hall–Kier alpha value is -3.69. The zero-order valence-electron chi connectivity index (χ0n) is 18.9. The second-order valence-electron chi connectivity index (χ2n) is 9.09. The Morgan fingerprint density at radius 3 is 2.91 bits per heavy atom. The number of aromatic nitrogens is 2. The summed E-state index contributed by atoms with van der Waals surface area (Å²) >= 11 is 0. The Bertz CT molecular complexity index is 1280. The summed E-state index contributed by atoms with van der Waals surface area (Å²) in [7, 11) is 0. The highest BCUT2D eigenvalue weighted by Crippen LogP contribution is 2.34. The van der Waals surface area contributed by atoms with Gasteiger partial charge in [-0.25, -0.2) is 9.82 Å². The number of nitrogens with one attached hydrogen (secondary N) is 2. The lowest BCUT2D eigenvalue weighted by molar-refractivity contribution is -0.117. The van der Waals surface area contributed by atoms with Gasteiger partial charge >= 0.3 is 0 Å². The summed E-state index contributed by atoms with van der Waals surface area (Å²) in [5.41, 5.74) is 6.37. The minimum atomic E-state index is 0.116. The molecule has 3 heterocycles. The van der Waals surface area contributed by atoms with Crippen molar-refractivity contribution in [2.75, 3.05) is 27.3 Å². The van der Waals surface area contributed by atoms with Crippen LogP contribution in [0.2, 0.25) is 0 Å². The standard InChI is InChI=1S/C25H26N6O3/c1-15-21-9-10-30(13-16-3-2-4-19(11-16)27-24(32)17-5-6-17)23(21)29-25(26-15)28-20-8-7-18-14-34-31(33)22(18)12-20/h2-4,7-8,11-12,17,33H,5-6,9-10,13-14H2,1H3,(H,27,32)(H,26,28,29). The molecule has 1 aliphatic carbocycles. The van der Waals surface area contributed by atoms with Crippen LogP contribution in [0, 0.1) is 12.8 Å². The van der Waals surface area contributed by atoms with E-state index in [1.807, 2.05) is 43.3 Å². The fourth-order valence-electron chi connectivity index (χ4n) is 4.53. The van der Waals surface area contributed by atoms with E-state index in [2.05, 4.69) is 26.6 Å². The molecule has 2 aromatic carbocycles. The fraction of sp³-hybridized carbons (Fsp3) is 0.320. The number of hydrogen-bond acceptors (Lipinski definition) is 8. The first-order valence-electron chi connectivity index (χ1n) is 11.6. The minimum Gasteiger partial charge on any atom is -0.352 e. The van der Waals surface area contributed by atoms with E-state index in [9.17, 15) is 10.0 Å². The van der Waals surface area contributed by atoms with Gasteiger partial charge in [0.15, 0.2) is 0 Å². The zero-order valence-corrected chi connectivity index (χ0v) is 18.9. The largest absolute Gasteiger partial charge is 0.352 e. The summed E-state index contributed by atoms with van der Waals surface area (Å²) in [6.07, 6.45) is 2.88. The first kappa shape index (κ1) is 20.9. The van der Waals surface area contributed by atoms with E-state index in [4.69, 9.17) is 9.82 Å². The van der Waals surface area contributed by atoms with Crippen molar-refractivity contribution in [2.45, 2.75) is 39.3 Å². The molecule has 34 heavy (non-hydrogen) atoms. The van der Waals surface area contributed by atoms with Crippen LogP contribution in [0.25, 0.3) is 0 Å². The van der Waals surface area contributed by atoms with Crippen LogP contribution < -0.4 is 20.8 Å². The van der Waals surface area contributed by atoms with Gasteiger partial charge < -0.3 is 15.5 Å². The van der Waals surface area contributed by atoms with Crippen molar-refractivity contribution in [3.8, 4) is 0 Å². The topological polar surface area (TPSA) is 103 Å². The van der Waals surface area contributed by atoms with Gasteiger partial charge in [-0.2, -0.15) is 4.98 Å². The molecule has 0 radical (unpaired) electrons. The number of nitrogens with zero attached hydrogens (tertiary/aromatic N) is 4. The molecule has 0 atom stereocenters. The van der Waals surface area contributed by atoms with Crippen LogP contribution in [0.3, 0.4) is 0 Å². The molecule has 0 saturated heterocycles. The van der Waals surface area contributed by atoms with E-state index in [1.165, 1.54) is 0 Å². The van der Waals surface area contributed by atoms with Crippen molar-refractivity contribution in [1.82, 2.24) is 9.97 Å². The van der Waals surface area contributed by atoms with Crippen molar-refractivity contribution < 1.29 is 14.8 Å². The molecule has 174 valence electrons. The van der Waals surface area contributed by atoms with Gasteiger partial charge in [0, 0.05) is 47.2 Å². The lowest BCUT2D eigenvalue weighted by atomic mass is 10.2. The maximum absolute atomic E-state index is 12.1. The van der Waals surface area contributed by atoms with Crippen LogP contribution in [0.1, 0.15) is 35.2 Å². The number of benzene rings is 2. The summed E-state index contributed by atoms with van der Waals surface area (Å²) in [6.45, 7) is 3.92. The predicted molar refractivity (Wildman–Crippen MR) is 128 cm³/mol. The first-order valence-corrected chi connectivity index (χ1v) is 11.6. The van der Waals surface area contributed by atoms with Crippen LogP contribution in [0.4, 0.5) is 28.8 Å². The first-order chi connectivity index (χ1) is 16.5. The maximum atomic E-state index is 12.1. The molecule has 6 rings (SSSR count). The van der Waals surface area contributed by atoms with E-state index in [-0.39, 0.29) is 11.8 Å². The molecule has 0 spiro atoms. The molecule has 1 fully saturated rings. The van der Waals surface area contributed by atoms with Crippen LogP contribution in [0.5, 0.6) is 0 Å². The quantitative estimate of drug-likeness (QED) is 0.508. The minimum absolute atomic E-state index is 0.116. The van der Waals surface area contributed by atoms with Crippen molar-refractivity contribution in [3.05, 3.63) is 64.8 Å². The number of carbonyl (C=O) groups excluding carboxylic acids is 1. The van der Waals surface area contributed by atoms with E-state index in [0.717, 1.165) is 70.6 Å². The Labute approximate surface area is 197 Å². The SMILES string of the molecule is Cc1nc(Nc2ccc3c(c2)N(O)OC3)nc2c1CCN2Cc1cccc(NC(=O)C2CC2)c1. The van der Waals surface area contributed by atoms with Crippen LogP contribution >= 0.6 is 0 Å². The monoisotopic (exact) mass is 458 g/mol. The molecule has 0 unspecified atom stereocenters. The molecule has 1 amide bonds. The Kier molecular flexibility index (Phi) is 5.08. The molecule has 1 aromatic heterocycles. The number of amides is 1. The van der Waals surface area contributed by atoms with E-state index < -0.39 is 0 Å². The van der Waals surface area contributed by atoms with E-state index >= 15 is 0 Å². The van der Waals surface area contributed by atoms with Gasteiger partial charge in [-0.1, -0.05) is 18.2 Å². The molecule has 0 bridgehead atoms. The van der Waals surface area contributed by atoms with Gasteiger partial charge in [-0.3, -0.25) is 10.0 Å². The summed E-state index contributed by atoms with van der Waals surface area (Å²) in [4.78, 5) is 29.0. The average Bonchev–Trinajstić information content (AvgIpc) is 3.52. The highest BCUT2D eigenvalue weighted by molar-refractivity contribution is 5.94. The highest BCUT2D eigenvalue weighted by atomic mass is 16.9. The maximum Gasteiger partial charge on any atom is 0.229 e. The molecular formula is C25H26N6O3. The summed E-state index contributed by atoms with van der Waals surface area (Å²) in [5, 5.41) is 16.9. The van der Waals surface area contributed by atoms with Gasteiger partial charge in [-0.15, -0.1) is 5.23 Å². The fourth-order valence-corrected chi connectivity index (χ4v) is 4.53. The lowest BCUT2D eigenvalue weighted by Gasteiger charge is -2.20. The van der Waals surface area contributed by atoms with E-state index in [1.54, 1.807) is 0 Å². The van der Waals surface area contributed by atoms with Crippen LogP contribution in [0.15, 0.2) is 42.5 Å². The number of carbonyl (C=O) groups is 1. The van der Waals surface area contributed by atoms with E-state index in [0.29, 0.717) is 24.8 Å². The number of rotatable bonds is 6. The van der Waals surface area contributed by atoms with Gasteiger partial charge in [-0.05, 0) is 56.0 Å². The third-order valence-corrected chi connectivity index (χ3v) is 6.53. The van der Waals surface area contributed by atoms with Crippen molar-refractivity contribution >= 4 is 34.7 Å². The second kappa shape index (κ2) is 8.27. The number of aryl methyl sites for hydroxylation is 1. The summed E-state index contributed by atoms with van der Waals surface area (Å²) < 4.78 is 0. The normalized spacial score (nSPS) is 16.4. The average molecular weight is 459 g/mol. The molecule has 1 saturated carbocycles. The Morgan fingerprint density at radius 1 is 1.18 bits per heavy atom. The third-order valence-electron chi connectivity index (χ3n) is 6.53. The lowest BCUT2D eigenvalue weighted by Crippen LogP contribution is -2.21. The third kappa shape index (κ3) is 4.04. The second-order valence-corrected chi connectivity index (χ2v) is 9.09. The molecule has 3 N–H and O–H groups in total. The summed E-state index contributed by atoms with van der Waals surface area (Å²) in [5.74, 6) is 1.73. The highest BCUT2D eigenvalue weighted by Gasteiger charge is 2.30. The molecule has 9 heteroatoms. The van der Waals surface area contributed by atoms with Crippen molar-refractivity contribution in [1.29, 1.82) is 0 Å². The van der Waals surface area contributed by atoms with Crippen molar-refractivity contribution in [2.24, 2.45) is 5.92 Å². The molecule has 3 aromatic rings. The zero-order chi connectivity index (χ0) is 23.2. The summed E-state index contributed by atoms with van der Waals surface area (Å²) in [6, 6.07) is 13.7. The molecule has 3 aliphatic rings. The smallest absolute Gasteiger partial charge is 0.229 e. The number of fused-ring (bicyclic) bond motifs is 2. The van der Waals surface area contributed by atoms with Crippen molar-refractivity contribution in [3.63, 3.8) is 0 Å². The van der Waals surface area contributed by atoms with Gasteiger partial charge in [0.2, 0.25) is 11.9 Å². The van der Waals surface area contributed by atoms with Crippen LogP contribution in [-0.4, -0.2) is 27.6 Å². The Morgan fingerprint density at radius 2 is 2.06 bits per heavy atom. The number of hydrogen-bond donors (Lipinski definition) is 3. The predicted octanol–water partition coefficient (Wildman–Crippen LogP) is 4.08. The number of anilines is 5. The molecule has 2 aliphatic heterocycles.